The molecule has 6 heteroatoms. The van der Waals surface area contributed by atoms with E-state index in [1.165, 1.54) is 6.07 Å². The number of amides is 1. The minimum absolute atomic E-state index is 0.0907. The van der Waals surface area contributed by atoms with Gasteiger partial charge in [0.2, 0.25) is 5.91 Å². The number of benzene rings is 1. The van der Waals surface area contributed by atoms with Crippen molar-refractivity contribution in [3.05, 3.63) is 34.1 Å². The van der Waals surface area contributed by atoms with Crippen LogP contribution >= 0.6 is 27.7 Å². The lowest BCUT2D eigenvalue weighted by atomic mass is 10.0. The fourth-order valence-corrected chi connectivity index (χ4v) is 2.65. The molecule has 1 aromatic rings. The zero-order chi connectivity index (χ0) is 14.4. The first-order chi connectivity index (χ1) is 8.95. The summed E-state index contributed by atoms with van der Waals surface area (Å²) < 4.78 is 14.5. The molecule has 0 aromatic heterocycles. The van der Waals surface area contributed by atoms with Gasteiger partial charge in [0.05, 0.1) is 0 Å². The van der Waals surface area contributed by atoms with Crippen LogP contribution in [0.25, 0.3) is 0 Å². The summed E-state index contributed by atoms with van der Waals surface area (Å²) in [5, 5.41) is 3.08. The van der Waals surface area contributed by atoms with Crippen molar-refractivity contribution in [2.24, 2.45) is 5.73 Å². The SMILES string of the molecule is CSCC[C@@H](C)N[C@@H](C(N)=O)c1ccc(Br)cc1F. The molecule has 2 atom stereocenters. The van der Waals surface area contributed by atoms with Crippen LogP contribution in [0.1, 0.15) is 24.9 Å². The molecule has 0 unspecified atom stereocenters. The summed E-state index contributed by atoms with van der Waals surface area (Å²) in [6.07, 6.45) is 2.91. The van der Waals surface area contributed by atoms with Gasteiger partial charge in [0, 0.05) is 16.1 Å². The van der Waals surface area contributed by atoms with Crippen molar-refractivity contribution in [1.29, 1.82) is 0 Å². The molecule has 1 amide bonds. The first kappa shape index (κ1) is 16.5. The highest BCUT2D eigenvalue weighted by Crippen LogP contribution is 2.22. The van der Waals surface area contributed by atoms with Crippen molar-refractivity contribution in [1.82, 2.24) is 5.32 Å². The topological polar surface area (TPSA) is 55.1 Å². The van der Waals surface area contributed by atoms with Gasteiger partial charge < -0.3 is 5.73 Å². The van der Waals surface area contributed by atoms with Gasteiger partial charge in [0.25, 0.3) is 0 Å². The van der Waals surface area contributed by atoms with Crippen LogP contribution in [0.15, 0.2) is 22.7 Å². The van der Waals surface area contributed by atoms with Crippen LogP contribution in [-0.2, 0) is 4.79 Å². The lowest BCUT2D eigenvalue weighted by Crippen LogP contribution is -2.39. The van der Waals surface area contributed by atoms with Gasteiger partial charge in [-0.1, -0.05) is 22.0 Å². The largest absolute Gasteiger partial charge is 0.368 e. The first-order valence-electron chi connectivity index (χ1n) is 5.95. The second kappa shape index (κ2) is 7.87. The van der Waals surface area contributed by atoms with Crippen LogP contribution in [0.5, 0.6) is 0 Å². The molecule has 3 N–H and O–H groups in total. The lowest BCUT2D eigenvalue weighted by Gasteiger charge is -2.21. The Hall–Kier alpha value is -0.590. The summed E-state index contributed by atoms with van der Waals surface area (Å²) in [5.74, 6) is -0.0392. The monoisotopic (exact) mass is 348 g/mol. The van der Waals surface area contributed by atoms with E-state index in [4.69, 9.17) is 5.73 Å². The average Bonchev–Trinajstić information content (AvgIpc) is 2.34. The molecule has 0 aliphatic carbocycles. The Morgan fingerprint density at radius 1 is 1.58 bits per heavy atom. The molecule has 106 valence electrons. The van der Waals surface area contributed by atoms with Gasteiger partial charge in [-0.15, -0.1) is 0 Å². The van der Waals surface area contributed by atoms with E-state index in [1.54, 1.807) is 23.9 Å². The Kier molecular flexibility index (Phi) is 6.82. The Bertz CT molecular complexity index is 445. The number of hydrogen-bond acceptors (Lipinski definition) is 3. The summed E-state index contributed by atoms with van der Waals surface area (Å²) in [5.41, 5.74) is 5.65. The van der Waals surface area contributed by atoms with Crippen molar-refractivity contribution in [2.75, 3.05) is 12.0 Å². The predicted octanol–water partition coefficient (Wildman–Crippen LogP) is 2.85. The van der Waals surface area contributed by atoms with Crippen LogP contribution in [0, 0.1) is 5.82 Å². The molecule has 0 aliphatic rings. The van der Waals surface area contributed by atoms with Gasteiger partial charge in [0.15, 0.2) is 0 Å². The zero-order valence-electron chi connectivity index (χ0n) is 11.0. The minimum Gasteiger partial charge on any atom is -0.368 e. The van der Waals surface area contributed by atoms with Gasteiger partial charge in [-0.2, -0.15) is 11.8 Å². The van der Waals surface area contributed by atoms with E-state index >= 15 is 0 Å². The maximum atomic E-state index is 13.9. The number of rotatable bonds is 7. The molecule has 1 rings (SSSR count). The van der Waals surface area contributed by atoms with E-state index in [-0.39, 0.29) is 11.6 Å². The number of thioether (sulfide) groups is 1. The highest BCUT2D eigenvalue weighted by Gasteiger charge is 2.22. The van der Waals surface area contributed by atoms with Crippen LogP contribution in [-0.4, -0.2) is 24.0 Å². The highest BCUT2D eigenvalue weighted by molar-refractivity contribution is 9.10. The van der Waals surface area contributed by atoms with Gasteiger partial charge >= 0.3 is 0 Å². The van der Waals surface area contributed by atoms with Crippen LogP contribution in [0.2, 0.25) is 0 Å². The second-order valence-corrected chi connectivity index (χ2v) is 6.25. The average molecular weight is 349 g/mol. The Balaban J connectivity index is 2.85. The molecule has 0 radical (unpaired) electrons. The van der Waals surface area contributed by atoms with E-state index in [1.807, 2.05) is 13.2 Å². The van der Waals surface area contributed by atoms with Gasteiger partial charge in [0.1, 0.15) is 11.9 Å². The first-order valence-corrected chi connectivity index (χ1v) is 8.13. The summed E-state index contributed by atoms with van der Waals surface area (Å²) in [4.78, 5) is 11.5. The molecule has 0 saturated carbocycles. The van der Waals surface area contributed by atoms with Gasteiger partial charge in [-0.05, 0) is 37.5 Å². The molecule has 0 aliphatic heterocycles. The minimum atomic E-state index is -0.801. The van der Waals surface area contributed by atoms with E-state index in [0.29, 0.717) is 4.47 Å². The molecule has 19 heavy (non-hydrogen) atoms. The number of nitrogens with one attached hydrogen (secondary N) is 1. The fourth-order valence-electron chi connectivity index (χ4n) is 1.72. The van der Waals surface area contributed by atoms with Crippen molar-refractivity contribution in [2.45, 2.75) is 25.4 Å². The molecule has 0 heterocycles. The van der Waals surface area contributed by atoms with E-state index in [2.05, 4.69) is 21.2 Å². The number of carbonyl (C=O) groups is 1. The quantitative estimate of drug-likeness (QED) is 0.796. The lowest BCUT2D eigenvalue weighted by molar-refractivity contribution is -0.120. The third kappa shape index (κ3) is 5.12. The number of primary amides is 1. The molecule has 0 bridgehead atoms. The molecule has 1 aromatic carbocycles. The van der Waals surface area contributed by atoms with Gasteiger partial charge in [-0.25, -0.2) is 4.39 Å². The highest BCUT2D eigenvalue weighted by atomic mass is 79.9. The van der Waals surface area contributed by atoms with Crippen LogP contribution in [0.4, 0.5) is 4.39 Å². The molecular formula is C13H18BrFN2OS. The third-order valence-electron chi connectivity index (χ3n) is 2.76. The Labute approximate surface area is 125 Å². The summed E-state index contributed by atoms with van der Waals surface area (Å²) in [6.45, 7) is 1.96. The summed E-state index contributed by atoms with van der Waals surface area (Å²) in [7, 11) is 0. The number of halogens is 2. The second-order valence-electron chi connectivity index (χ2n) is 4.35. The van der Waals surface area contributed by atoms with Crippen LogP contribution < -0.4 is 11.1 Å². The zero-order valence-corrected chi connectivity index (χ0v) is 13.4. The van der Waals surface area contributed by atoms with Crippen molar-refractivity contribution in [3.8, 4) is 0 Å². The Morgan fingerprint density at radius 2 is 2.26 bits per heavy atom. The number of hydrogen-bond donors (Lipinski definition) is 2. The standard InChI is InChI=1S/C13H18BrFN2OS/c1-8(5-6-19-2)17-12(13(16)18)10-4-3-9(14)7-11(10)15/h3-4,7-8,12,17H,5-6H2,1-2H3,(H2,16,18)/t8-,12-/m1/s1. The van der Waals surface area contributed by atoms with Crippen LogP contribution in [0.3, 0.4) is 0 Å². The number of carbonyl (C=O) groups excluding carboxylic acids is 1. The summed E-state index contributed by atoms with van der Waals surface area (Å²) >= 11 is 4.92. The Morgan fingerprint density at radius 3 is 2.79 bits per heavy atom. The third-order valence-corrected chi connectivity index (χ3v) is 3.90. The molecule has 0 spiro atoms. The van der Waals surface area contributed by atoms with Crippen molar-refractivity contribution < 1.29 is 9.18 Å². The maximum Gasteiger partial charge on any atom is 0.239 e. The van der Waals surface area contributed by atoms with Crippen molar-refractivity contribution in [3.63, 3.8) is 0 Å². The molecule has 0 saturated heterocycles. The fraction of sp³-hybridized carbons (Fsp3) is 0.462. The van der Waals surface area contributed by atoms with E-state index in [9.17, 15) is 9.18 Å². The summed E-state index contributed by atoms with van der Waals surface area (Å²) in [6, 6.07) is 3.89. The predicted molar refractivity (Wildman–Crippen MR) is 81.6 cm³/mol. The molecule has 3 nitrogen and oxygen atoms in total. The van der Waals surface area contributed by atoms with Gasteiger partial charge in [-0.3, -0.25) is 10.1 Å². The maximum absolute atomic E-state index is 13.9. The van der Waals surface area contributed by atoms with Crippen molar-refractivity contribution >= 4 is 33.6 Å². The van der Waals surface area contributed by atoms with E-state index in [0.717, 1.165) is 12.2 Å². The smallest absolute Gasteiger partial charge is 0.239 e. The molecule has 0 fully saturated rings. The van der Waals surface area contributed by atoms with E-state index < -0.39 is 17.8 Å². The normalized spacial score (nSPS) is 14.1. The molecular weight excluding hydrogens is 331 g/mol. The number of nitrogens with two attached hydrogens (primary N) is 1.